The Morgan fingerprint density at radius 1 is 0.900 bits per heavy atom. The van der Waals surface area contributed by atoms with Gasteiger partial charge in [-0.2, -0.15) is 0 Å². The third-order valence-corrected chi connectivity index (χ3v) is 4.21. The maximum Gasteiger partial charge on any atom is 0.255 e. The van der Waals surface area contributed by atoms with Gasteiger partial charge in [0.1, 0.15) is 17.4 Å². The summed E-state index contributed by atoms with van der Waals surface area (Å²) < 4.78 is 32.0. The van der Waals surface area contributed by atoms with E-state index in [4.69, 9.17) is 17.0 Å². The van der Waals surface area contributed by atoms with Crippen molar-refractivity contribution in [3.8, 4) is 5.75 Å². The van der Waals surface area contributed by atoms with Crippen LogP contribution in [0.3, 0.4) is 0 Å². The van der Waals surface area contributed by atoms with Crippen molar-refractivity contribution in [2.24, 2.45) is 0 Å². The number of nitrogens with one attached hydrogen (secondary N) is 3. The Kier molecular flexibility index (Phi) is 6.92. The fraction of sp³-hybridized carbons (Fsp3) is 0.0909. The second-order valence-electron chi connectivity index (χ2n) is 6.19. The number of anilines is 3. The molecule has 0 aliphatic carbocycles. The lowest BCUT2D eigenvalue weighted by molar-refractivity contribution is 0.102. The van der Waals surface area contributed by atoms with Gasteiger partial charge in [-0.05, 0) is 79.8 Å². The second-order valence-corrected chi connectivity index (χ2v) is 6.60. The van der Waals surface area contributed by atoms with Crippen molar-refractivity contribution in [2.75, 3.05) is 22.6 Å². The van der Waals surface area contributed by atoms with E-state index in [1.54, 1.807) is 48.5 Å². The topological polar surface area (TPSA) is 62.4 Å². The number of halogens is 2. The third-order valence-electron chi connectivity index (χ3n) is 4.01. The highest BCUT2D eigenvalue weighted by atomic mass is 32.1. The average molecular weight is 427 g/mol. The van der Waals surface area contributed by atoms with Gasteiger partial charge in [-0.1, -0.05) is 0 Å². The first-order valence-electron chi connectivity index (χ1n) is 9.12. The predicted octanol–water partition coefficient (Wildman–Crippen LogP) is 5.42. The monoisotopic (exact) mass is 427 g/mol. The van der Waals surface area contributed by atoms with Gasteiger partial charge in [0.15, 0.2) is 5.11 Å². The van der Waals surface area contributed by atoms with E-state index in [1.807, 2.05) is 6.92 Å². The molecule has 0 atom stereocenters. The molecule has 154 valence electrons. The van der Waals surface area contributed by atoms with Gasteiger partial charge in [-0.25, -0.2) is 8.78 Å². The maximum absolute atomic E-state index is 13.7. The summed E-state index contributed by atoms with van der Waals surface area (Å²) in [5.41, 5.74) is 1.77. The minimum atomic E-state index is -0.750. The summed E-state index contributed by atoms with van der Waals surface area (Å²) in [6, 6.07) is 16.8. The molecule has 0 heterocycles. The van der Waals surface area contributed by atoms with Gasteiger partial charge < -0.3 is 20.7 Å². The summed E-state index contributed by atoms with van der Waals surface area (Å²) >= 11 is 5.14. The van der Waals surface area contributed by atoms with E-state index >= 15 is 0 Å². The molecule has 1 amide bonds. The van der Waals surface area contributed by atoms with Crippen LogP contribution >= 0.6 is 12.2 Å². The highest BCUT2D eigenvalue weighted by molar-refractivity contribution is 7.80. The molecule has 0 fully saturated rings. The Hall–Kier alpha value is -3.52. The van der Waals surface area contributed by atoms with Crippen LogP contribution in [0.5, 0.6) is 5.75 Å². The number of ether oxygens (including phenoxy) is 1. The molecule has 3 aromatic rings. The van der Waals surface area contributed by atoms with E-state index in [0.717, 1.165) is 17.9 Å². The number of rotatable bonds is 6. The quantitative estimate of drug-likeness (QED) is 0.458. The zero-order chi connectivity index (χ0) is 21.5. The molecule has 0 unspecified atom stereocenters. The highest BCUT2D eigenvalue weighted by Crippen LogP contribution is 2.18. The van der Waals surface area contributed by atoms with Crippen LogP contribution in [-0.4, -0.2) is 17.6 Å². The molecule has 30 heavy (non-hydrogen) atoms. The number of hydrogen-bond acceptors (Lipinski definition) is 3. The van der Waals surface area contributed by atoms with E-state index < -0.39 is 11.6 Å². The summed E-state index contributed by atoms with van der Waals surface area (Å²) in [7, 11) is 0. The van der Waals surface area contributed by atoms with Crippen LogP contribution in [0.25, 0.3) is 0 Å². The number of benzene rings is 3. The van der Waals surface area contributed by atoms with Crippen LogP contribution in [0.1, 0.15) is 17.3 Å². The van der Waals surface area contributed by atoms with E-state index in [0.29, 0.717) is 23.5 Å². The minimum absolute atomic E-state index is 0.0558. The summed E-state index contributed by atoms with van der Waals surface area (Å²) in [6.07, 6.45) is 0. The smallest absolute Gasteiger partial charge is 0.255 e. The van der Waals surface area contributed by atoms with Crippen LogP contribution in [0.15, 0.2) is 66.7 Å². The van der Waals surface area contributed by atoms with Crippen LogP contribution in [0.2, 0.25) is 0 Å². The molecule has 0 aliphatic heterocycles. The molecule has 0 radical (unpaired) electrons. The van der Waals surface area contributed by atoms with E-state index in [2.05, 4.69) is 16.0 Å². The van der Waals surface area contributed by atoms with Crippen molar-refractivity contribution >= 4 is 40.3 Å². The first kappa shape index (κ1) is 21.2. The summed E-state index contributed by atoms with van der Waals surface area (Å²) in [6.45, 7) is 2.47. The van der Waals surface area contributed by atoms with E-state index in [1.165, 1.54) is 6.07 Å². The lowest BCUT2D eigenvalue weighted by Crippen LogP contribution is -2.20. The fourth-order valence-corrected chi connectivity index (χ4v) is 2.81. The van der Waals surface area contributed by atoms with Gasteiger partial charge in [0.25, 0.3) is 5.91 Å². The molecule has 3 aromatic carbocycles. The van der Waals surface area contributed by atoms with E-state index in [-0.39, 0.29) is 16.7 Å². The number of amides is 1. The molecule has 0 aromatic heterocycles. The Labute approximate surface area is 178 Å². The lowest BCUT2D eigenvalue weighted by atomic mass is 10.2. The third kappa shape index (κ3) is 5.74. The van der Waals surface area contributed by atoms with Gasteiger partial charge in [0.2, 0.25) is 0 Å². The fourth-order valence-electron chi connectivity index (χ4n) is 2.58. The first-order chi connectivity index (χ1) is 14.4. The maximum atomic E-state index is 13.7. The highest BCUT2D eigenvalue weighted by Gasteiger charge is 2.08. The summed E-state index contributed by atoms with van der Waals surface area (Å²) in [4.78, 5) is 12.4. The average Bonchev–Trinajstić information content (AvgIpc) is 2.72. The lowest BCUT2D eigenvalue weighted by Gasteiger charge is -2.12. The molecule has 3 N–H and O–H groups in total. The SMILES string of the molecule is CCOc1ccc(NC(=O)c2ccc(NC(=S)Nc3ccc(F)cc3F)cc2)cc1. The molecule has 0 saturated heterocycles. The largest absolute Gasteiger partial charge is 0.494 e. The van der Waals surface area contributed by atoms with Crippen LogP contribution < -0.4 is 20.7 Å². The molecule has 3 rings (SSSR count). The first-order valence-corrected chi connectivity index (χ1v) is 9.53. The van der Waals surface area contributed by atoms with Crippen LogP contribution in [0, 0.1) is 11.6 Å². The number of carbonyl (C=O) groups is 1. The second kappa shape index (κ2) is 9.80. The molecule has 0 aliphatic rings. The Bertz CT molecular complexity index is 1040. The van der Waals surface area contributed by atoms with Gasteiger partial charge in [-0.3, -0.25) is 4.79 Å². The molecule has 0 saturated carbocycles. The van der Waals surface area contributed by atoms with Crippen molar-refractivity contribution in [2.45, 2.75) is 6.92 Å². The van der Waals surface area contributed by atoms with Crippen molar-refractivity contribution in [1.82, 2.24) is 0 Å². The zero-order valence-electron chi connectivity index (χ0n) is 16.0. The molecule has 8 heteroatoms. The van der Waals surface area contributed by atoms with E-state index in [9.17, 15) is 13.6 Å². The van der Waals surface area contributed by atoms with Gasteiger partial charge in [0, 0.05) is 23.0 Å². The molecular weight excluding hydrogens is 408 g/mol. The summed E-state index contributed by atoms with van der Waals surface area (Å²) in [5, 5.41) is 8.48. The van der Waals surface area contributed by atoms with Crippen molar-refractivity contribution in [3.63, 3.8) is 0 Å². The number of carbonyl (C=O) groups excluding carboxylic acids is 1. The Morgan fingerprint density at radius 3 is 2.17 bits per heavy atom. The molecular formula is C22H19F2N3O2S. The molecule has 0 spiro atoms. The van der Waals surface area contributed by atoms with Crippen LogP contribution in [0.4, 0.5) is 25.8 Å². The standard InChI is InChI=1S/C22H19F2N3O2S/c1-2-29-18-10-8-16(9-11-18)25-21(28)14-3-6-17(7-4-14)26-22(30)27-20-12-5-15(23)13-19(20)24/h3-13H,2H2,1H3,(H,25,28)(H2,26,27,30). The van der Waals surface area contributed by atoms with Gasteiger partial charge >= 0.3 is 0 Å². The Balaban J connectivity index is 1.57. The molecule has 0 bridgehead atoms. The van der Waals surface area contributed by atoms with Crippen molar-refractivity contribution in [3.05, 3.63) is 83.9 Å². The van der Waals surface area contributed by atoms with Crippen molar-refractivity contribution < 1.29 is 18.3 Å². The zero-order valence-corrected chi connectivity index (χ0v) is 16.9. The van der Waals surface area contributed by atoms with Gasteiger partial charge in [0.05, 0.1) is 12.3 Å². The normalized spacial score (nSPS) is 10.2. The Morgan fingerprint density at radius 2 is 1.53 bits per heavy atom. The minimum Gasteiger partial charge on any atom is -0.494 e. The summed E-state index contributed by atoms with van der Waals surface area (Å²) in [5.74, 6) is -0.952. The molecule has 5 nitrogen and oxygen atoms in total. The number of hydrogen-bond donors (Lipinski definition) is 3. The van der Waals surface area contributed by atoms with Gasteiger partial charge in [-0.15, -0.1) is 0 Å². The van der Waals surface area contributed by atoms with Crippen LogP contribution in [-0.2, 0) is 0 Å². The van der Waals surface area contributed by atoms with Crippen molar-refractivity contribution in [1.29, 1.82) is 0 Å². The number of thiocarbonyl (C=S) groups is 1. The predicted molar refractivity (Wildman–Crippen MR) is 118 cm³/mol.